The van der Waals surface area contributed by atoms with Gasteiger partial charge in [0.1, 0.15) is 0 Å². The van der Waals surface area contributed by atoms with Crippen LogP contribution in [0, 0.1) is 0 Å². The minimum atomic E-state index is -0.0735. The Hall–Kier alpha value is -1.84. The molecule has 2 rings (SSSR count). The van der Waals surface area contributed by atoms with E-state index in [2.05, 4.69) is 0 Å². The van der Waals surface area contributed by atoms with Gasteiger partial charge in [0.05, 0.1) is 10.9 Å². The minimum Gasteiger partial charge on any atom is -0.295 e. The summed E-state index contributed by atoms with van der Waals surface area (Å²) in [6.45, 7) is 1.49. The summed E-state index contributed by atoms with van der Waals surface area (Å²) in [4.78, 5) is 22.9. The number of aryl methyl sites for hydroxylation is 1. The lowest BCUT2D eigenvalue weighted by Gasteiger charge is -1.99. The first-order valence-corrected chi connectivity index (χ1v) is 4.69. The normalized spacial score (nSPS) is 10.9. The van der Waals surface area contributed by atoms with E-state index in [1.807, 2.05) is 7.05 Å². The minimum absolute atomic E-state index is 0.0252. The zero-order valence-electron chi connectivity index (χ0n) is 8.94. The van der Waals surface area contributed by atoms with E-state index in [-0.39, 0.29) is 11.3 Å². The molecule has 0 spiro atoms. The van der Waals surface area contributed by atoms with Gasteiger partial charge in [-0.25, -0.2) is 0 Å². The number of benzene rings is 1. The molecule has 0 N–H and O–H groups in total. The van der Waals surface area contributed by atoms with Crippen LogP contribution in [0.5, 0.6) is 0 Å². The van der Waals surface area contributed by atoms with Gasteiger partial charge < -0.3 is 0 Å². The quantitative estimate of drug-likeness (QED) is 0.652. The van der Waals surface area contributed by atoms with Gasteiger partial charge in [-0.1, -0.05) is 0 Å². The third-order valence-corrected chi connectivity index (χ3v) is 2.73. The first-order valence-electron chi connectivity index (χ1n) is 4.69. The maximum absolute atomic E-state index is 11.8. The molecular weight excluding hydrogens is 192 g/mol. The Balaban J connectivity index is 2.89. The van der Waals surface area contributed by atoms with Crippen LogP contribution in [0.3, 0.4) is 0 Å². The second kappa shape index (κ2) is 3.08. The summed E-state index contributed by atoms with van der Waals surface area (Å²) in [5.74, 6) is -0.0252. The molecule has 4 heteroatoms. The topological polar surface area (TPSA) is 44.0 Å². The number of ketones is 1. The van der Waals surface area contributed by atoms with E-state index in [0.29, 0.717) is 10.9 Å². The molecule has 0 aliphatic carbocycles. The highest BCUT2D eigenvalue weighted by molar-refractivity contribution is 5.97. The molecule has 0 radical (unpaired) electrons. The van der Waals surface area contributed by atoms with Crippen LogP contribution in [0.1, 0.15) is 17.3 Å². The number of aromatic nitrogens is 2. The van der Waals surface area contributed by atoms with Crippen LogP contribution in [-0.2, 0) is 14.1 Å². The van der Waals surface area contributed by atoms with Gasteiger partial charge in [-0.15, -0.1) is 0 Å². The lowest BCUT2D eigenvalue weighted by atomic mass is 10.1. The third kappa shape index (κ3) is 1.29. The SMILES string of the molecule is CC(=O)c1ccc2c(c1)c(=O)n(C)n2C. The molecule has 1 heterocycles. The van der Waals surface area contributed by atoms with Crippen molar-refractivity contribution in [1.29, 1.82) is 0 Å². The average Bonchev–Trinajstić information content (AvgIpc) is 2.44. The van der Waals surface area contributed by atoms with Crippen molar-refractivity contribution in [2.24, 2.45) is 14.1 Å². The van der Waals surface area contributed by atoms with Gasteiger partial charge in [-0.3, -0.25) is 19.0 Å². The second-order valence-corrected chi connectivity index (χ2v) is 3.64. The highest BCUT2D eigenvalue weighted by atomic mass is 16.1. The predicted molar refractivity (Wildman–Crippen MR) is 58.2 cm³/mol. The number of rotatable bonds is 1. The van der Waals surface area contributed by atoms with Crippen LogP contribution in [0.15, 0.2) is 23.0 Å². The molecule has 0 aliphatic heterocycles. The van der Waals surface area contributed by atoms with Crippen molar-refractivity contribution in [2.45, 2.75) is 6.92 Å². The summed E-state index contributed by atoms with van der Waals surface area (Å²) in [5.41, 5.74) is 1.34. The van der Waals surface area contributed by atoms with Gasteiger partial charge in [-0.05, 0) is 25.1 Å². The maximum atomic E-state index is 11.8. The average molecular weight is 204 g/mol. The summed E-state index contributed by atoms with van der Waals surface area (Å²) < 4.78 is 3.29. The summed E-state index contributed by atoms with van der Waals surface area (Å²) in [6.07, 6.45) is 0. The third-order valence-electron chi connectivity index (χ3n) is 2.73. The van der Waals surface area contributed by atoms with E-state index in [1.54, 1.807) is 29.9 Å². The Kier molecular flexibility index (Phi) is 2.00. The van der Waals surface area contributed by atoms with Gasteiger partial charge in [0.25, 0.3) is 5.56 Å². The van der Waals surface area contributed by atoms with Crippen molar-refractivity contribution in [3.05, 3.63) is 34.1 Å². The largest absolute Gasteiger partial charge is 0.295 e. The summed E-state index contributed by atoms with van der Waals surface area (Å²) in [5, 5.41) is 0.590. The summed E-state index contributed by atoms with van der Waals surface area (Å²) in [6, 6.07) is 5.19. The number of hydrogen-bond donors (Lipinski definition) is 0. The maximum Gasteiger partial charge on any atom is 0.274 e. The van der Waals surface area contributed by atoms with Crippen LogP contribution in [0.25, 0.3) is 10.9 Å². The molecule has 0 saturated carbocycles. The highest BCUT2D eigenvalue weighted by Gasteiger charge is 2.09. The molecule has 0 saturated heterocycles. The Morgan fingerprint density at radius 1 is 1.20 bits per heavy atom. The molecule has 2 aromatic rings. The standard InChI is InChI=1S/C11H12N2O2/c1-7(14)8-4-5-10-9(6-8)11(15)13(3)12(10)2/h4-6H,1-3H3. The lowest BCUT2D eigenvalue weighted by molar-refractivity contribution is 0.101. The highest BCUT2D eigenvalue weighted by Crippen LogP contribution is 2.12. The molecule has 4 nitrogen and oxygen atoms in total. The van der Waals surface area contributed by atoms with E-state index in [4.69, 9.17) is 0 Å². The number of fused-ring (bicyclic) bond motifs is 1. The Bertz CT molecular complexity index is 605. The molecule has 1 aromatic carbocycles. The van der Waals surface area contributed by atoms with Gasteiger partial charge in [0, 0.05) is 19.7 Å². The number of hydrogen-bond acceptors (Lipinski definition) is 2. The first kappa shape index (κ1) is 9.71. The zero-order valence-corrected chi connectivity index (χ0v) is 8.94. The number of nitrogens with zero attached hydrogens (tertiary/aromatic N) is 2. The monoisotopic (exact) mass is 204 g/mol. The van der Waals surface area contributed by atoms with Crippen LogP contribution in [0.4, 0.5) is 0 Å². The van der Waals surface area contributed by atoms with Crippen molar-refractivity contribution < 1.29 is 4.79 Å². The number of carbonyl (C=O) groups is 1. The molecule has 15 heavy (non-hydrogen) atoms. The smallest absolute Gasteiger partial charge is 0.274 e. The van der Waals surface area contributed by atoms with Crippen LogP contribution in [0.2, 0.25) is 0 Å². The Morgan fingerprint density at radius 2 is 1.87 bits per heavy atom. The van der Waals surface area contributed by atoms with E-state index >= 15 is 0 Å². The van der Waals surface area contributed by atoms with Crippen LogP contribution >= 0.6 is 0 Å². The van der Waals surface area contributed by atoms with E-state index in [1.165, 1.54) is 11.6 Å². The van der Waals surface area contributed by atoms with E-state index < -0.39 is 0 Å². The van der Waals surface area contributed by atoms with Gasteiger partial charge in [-0.2, -0.15) is 0 Å². The molecule has 0 aliphatic rings. The molecule has 0 bridgehead atoms. The predicted octanol–water partition coefficient (Wildman–Crippen LogP) is 1.08. The molecule has 0 unspecified atom stereocenters. The second-order valence-electron chi connectivity index (χ2n) is 3.64. The fourth-order valence-corrected chi connectivity index (χ4v) is 1.68. The van der Waals surface area contributed by atoms with Crippen molar-refractivity contribution in [3.8, 4) is 0 Å². The fraction of sp³-hybridized carbons (Fsp3) is 0.273. The zero-order chi connectivity index (χ0) is 11.2. The fourth-order valence-electron chi connectivity index (χ4n) is 1.68. The molecule has 0 atom stereocenters. The van der Waals surface area contributed by atoms with Gasteiger partial charge in [0.2, 0.25) is 0 Å². The van der Waals surface area contributed by atoms with Crippen molar-refractivity contribution >= 4 is 16.7 Å². The number of carbonyl (C=O) groups excluding carboxylic acids is 1. The van der Waals surface area contributed by atoms with Crippen molar-refractivity contribution in [3.63, 3.8) is 0 Å². The Morgan fingerprint density at radius 3 is 2.47 bits per heavy atom. The number of Topliss-reactive ketones (excluding diaryl/α,β-unsaturated/α-hetero) is 1. The van der Waals surface area contributed by atoms with Crippen LogP contribution in [-0.4, -0.2) is 15.1 Å². The molecule has 78 valence electrons. The molecular formula is C11H12N2O2. The Labute approximate surface area is 86.7 Å². The van der Waals surface area contributed by atoms with E-state index in [0.717, 1.165) is 5.52 Å². The molecule has 0 fully saturated rings. The van der Waals surface area contributed by atoms with Gasteiger partial charge >= 0.3 is 0 Å². The van der Waals surface area contributed by atoms with Crippen molar-refractivity contribution in [1.82, 2.24) is 9.36 Å². The van der Waals surface area contributed by atoms with Crippen molar-refractivity contribution in [2.75, 3.05) is 0 Å². The summed E-state index contributed by atoms with van der Waals surface area (Å²) >= 11 is 0. The van der Waals surface area contributed by atoms with Gasteiger partial charge in [0.15, 0.2) is 5.78 Å². The lowest BCUT2D eigenvalue weighted by Crippen LogP contribution is -2.16. The first-order chi connectivity index (χ1) is 7.02. The van der Waals surface area contributed by atoms with Crippen LogP contribution < -0.4 is 5.56 Å². The summed E-state index contributed by atoms with van der Waals surface area (Å²) in [7, 11) is 3.52. The van der Waals surface area contributed by atoms with E-state index in [9.17, 15) is 9.59 Å². The molecule has 1 aromatic heterocycles. The molecule has 0 amide bonds.